The van der Waals surface area contributed by atoms with E-state index in [0.717, 1.165) is 32.6 Å². The second kappa shape index (κ2) is 7.23. The molecule has 0 unspecified atom stereocenters. The molecule has 2 heterocycles. The molecule has 1 aromatic carbocycles. The number of anilines is 1. The summed E-state index contributed by atoms with van der Waals surface area (Å²) in [7, 11) is 1.54. The van der Waals surface area contributed by atoms with Crippen molar-refractivity contribution in [3.8, 4) is 0 Å². The van der Waals surface area contributed by atoms with Crippen molar-refractivity contribution in [2.75, 3.05) is 38.5 Å². The lowest BCUT2D eigenvalue weighted by Gasteiger charge is -2.23. The van der Waals surface area contributed by atoms with Crippen molar-refractivity contribution in [1.29, 1.82) is 0 Å². The topological polar surface area (TPSA) is 64.7 Å². The largest absolute Gasteiger partial charge is 0.355 e. The Morgan fingerprint density at radius 2 is 2.00 bits per heavy atom. The molecule has 1 fully saturated rings. The number of hydrogen-bond donors (Lipinski definition) is 2. The van der Waals surface area contributed by atoms with Gasteiger partial charge in [-0.3, -0.25) is 9.69 Å². The monoisotopic (exact) mass is 348 g/mol. The van der Waals surface area contributed by atoms with Gasteiger partial charge in [-0.25, -0.2) is 4.79 Å². The van der Waals surface area contributed by atoms with Crippen molar-refractivity contribution < 1.29 is 9.59 Å². The molecule has 3 rings (SSSR count). The molecule has 2 aliphatic rings. The van der Waals surface area contributed by atoms with Crippen molar-refractivity contribution >= 4 is 29.2 Å². The predicted octanol–water partition coefficient (Wildman–Crippen LogP) is 2.18. The fourth-order valence-electron chi connectivity index (χ4n) is 3.13. The number of benzene rings is 1. The SMILES string of the molecule is CNC(=O)c1cc(NC(=O)N2CC[C@@H](N3CC=CC3)C2)ccc1Cl. The molecule has 2 N–H and O–H groups in total. The summed E-state index contributed by atoms with van der Waals surface area (Å²) in [5.41, 5.74) is 0.911. The number of urea groups is 1. The summed E-state index contributed by atoms with van der Waals surface area (Å²) in [5, 5.41) is 5.75. The van der Waals surface area contributed by atoms with Crippen LogP contribution in [0.3, 0.4) is 0 Å². The van der Waals surface area contributed by atoms with Gasteiger partial charge in [0.15, 0.2) is 0 Å². The number of nitrogens with one attached hydrogen (secondary N) is 2. The molecular formula is C17H21ClN4O2. The minimum Gasteiger partial charge on any atom is -0.355 e. The van der Waals surface area contributed by atoms with Crippen LogP contribution in [0, 0.1) is 0 Å². The molecule has 0 bridgehead atoms. The average molecular weight is 349 g/mol. The molecule has 128 valence electrons. The van der Waals surface area contributed by atoms with Gasteiger partial charge in [0.05, 0.1) is 10.6 Å². The molecular weight excluding hydrogens is 328 g/mol. The molecule has 7 heteroatoms. The molecule has 0 spiro atoms. The van der Waals surface area contributed by atoms with Crippen molar-refractivity contribution in [3.05, 3.63) is 40.9 Å². The Morgan fingerprint density at radius 3 is 2.71 bits per heavy atom. The van der Waals surface area contributed by atoms with Gasteiger partial charge in [-0.15, -0.1) is 0 Å². The lowest BCUT2D eigenvalue weighted by atomic mass is 10.2. The van der Waals surface area contributed by atoms with Crippen LogP contribution < -0.4 is 10.6 Å². The maximum absolute atomic E-state index is 12.5. The van der Waals surface area contributed by atoms with E-state index in [2.05, 4.69) is 27.7 Å². The second-order valence-electron chi connectivity index (χ2n) is 6.02. The summed E-state index contributed by atoms with van der Waals surface area (Å²) in [5.74, 6) is -0.279. The Bertz CT molecular complexity index is 669. The van der Waals surface area contributed by atoms with E-state index in [1.54, 1.807) is 25.2 Å². The molecule has 1 atom stereocenters. The highest BCUT2D eigenvalue weighted by atomic mass is 35.5. The van der Waals surface area contributed by atoms with E-state index in [1.165, 1.54) is 0 Å². The molecule has 3 amide bonds. The third kappa shape index (κ3) is 3.55. The first-order valence-corrected chi connectivity index (χ1v) is 8.43. The first-order valence-electron chi connectivity index (χ1n) is 8.05. The first-order chi connectivity index (χ1) is 11.6. The number of nitrogens with zero attached hydrogens (tertiary/aromatic N) is 2. The standard InChI is InChI=1S/C17H21ClN4O2/c1-19-16(23)14-10-12(4-5-15(14)18)20-17(24)22-9-6-13(11-22)21-7-2-3-8-21/h2-5,10,13H,6-9,11H2,1H3,(H,19,23)(H,20,24)/t13-/m1/s1. The van der Waals surface area contributed by atoms with Crippen LogP contribution in [0.15, 0.2) is 30.4 Å². The maximum Gasteiger partial charge on any atom is 0.321 e. The summed E-state index contributed by atoms with van der Waals surface area (Å²) < 4.78 is 0. The van der Waals surface area contributed by atoms with Crippen LogP contribution >= 0.6 is 11.6 Å². The number of rotatable bonds is 3. The van der Waals surface area contributed by atoms with Crippen molar-refractivity contribution in [3.63, 3.8) is 0 Å². The Balaban J connectivity index is 1.62. The summed E-state index contributed by atoms with van der Waals surface area (Å²) in [6.07, 6.45) is 5.31. The van der Waals surface area contributed by atoms with E-state index in [-0.39, 0.29) is 11.9 Å². The third-order valence-corrected chi connectivity index (χ3v) is 4.83. The number of amides is 3. The van der Waals surface area contributed by atoms with Gasteiger partial charge in [0.25, 0.3) is 5.91 Å². The van der Waals surface area contributed by atoms with Gasteiger partial charge in [-0.1, -0.05) is 23.8 Å². The lowest BCUT2D eigenvalue weighted by Crippen LogP contribution is -2.38. The van der Waals surface area contributed by atoms with Gasteiger partial charge in [0.1, 0.15) is 0 Å². The van der Waals surface area contributed by atoms with E-state index >= 15 is 0 Å². The molecule has 0 saturated carbocycles. The second-order valence-corrected chi connectivity index (χ2v) is 6.42. The molecule has 6 nitrogen and oxygen atoms in total. The third-order valence-electron chi connectivity index (χ3n) is 4.50. The predicted molar refractivity (Wildman–Crippen MR) is 94.6 cm³/mol. The smallest absolute Gasteiger partial charge is 0.321 e. The molecule has 0 aromatic heterocycles. The van der Waals surface area contributed by atoms with Crippen LogP contribution in [-0.4, -0.2) is 61.0 Å². The van der Waals surface area contributed by atoms with Gasteiger partial charge in [-0.05, 0) is 24.6 Å². The lowest BCUT2D eigenvalue weighted by molar-refractivity contribution is 0.0963. The summed E-state index contributed by atoms with van der Waals surface area (Å²) in [6, 6.07) is 5.18. The van der Waals surface area contributed by atoms with Gasteiger partial charge in [0.2, 0.25) is 0 Å². The Hall–Kier alpha value is -2.05. The van der Waals surface area contributed by atoms with Gasteiger partial charge < -0.3 is 15.5 Å². The highest BCUT2D eigenvalue weighted by Crippen LogP contribution is 2.22. The highest BCUT2D eigenvalue weighted by molar-refractivity contribution is 6.34. The van der Waals surface area contributed by atoms with Crippen LogP contribution in [0.5, 0.6) is 0 Å². The first kappa shape index (κ1) is 16.8. The van der Waals surface area contributed by atoms with E-state index in [9.17, 15) is 9.59 Å². The summed E-state index contributed by atoms with van der Waals surface area (Å²) in [6.45, 7) is 3.39. The van der Waals surface area contributed by atoms with E-state index in [0.29, 0.717) is 22.3 Å². The Labute approximate surface area is 146 Å². The molecule has 0 aliphatic carbocycles. The van der Waals surface area contributed by atoms with Crippen molar-refractivity contribution in [2.45, 2.75) is 12.5 Å². The Kier molecular flexibility index (Phi) is 5.06. The highest BCUT2D eigenvalue weighted by Gasteiger charge is 2.30. The average Bonchev–Trinajstić information content (AvgIpc) is 3.26. The fourth-order valence-corrected chi connectivity index (χ4v) is 3.33. The van der Waals surface area contributed by atoms with Crippen molar-refractivity contribution in [2.24, 2.45) is 0 Å². The number of carbonyl (C=O) groups excluding carboxylic acids is 2. The van der Waals surface area contributed by atoms with E-state index < -0.39 is 0 Å². The van der Waals surface area contributed by atoms with Crippen LogP contribution in [0.25, 0.3) is 0 Å². The molecule has 1 aromatic rings. The van der Waals surface area contributed by atoms with Gasteiger partial charge in [-0.2, -0.15) is 0 Å². The molecule has 2 aliphatic heterocycles. The zero-order valence-corrected chi connectivity index (χ0v) is 14.3. The summed E-state index contributed by atoms with van der Waals surface area (Å²) >= 11 is 6.03. The quantitative estimate of drug-likeness (QED) is 0.823. The molecule has 1 saturated heterocycles. The number of likely N-dealkylation sites (tertiary alicyclic amines) is 1. The zero-order chi connectivity index (χ0) is 17.1. The van der Waals surface area contributed by atoms with E-state index in [1.807, 2.05) is 4.90 Å². The van der Waals surface area contributed by atoms with Crippen LogP contribution in [0.1, 0.15) is 16.8 Å². The maximum atomic E-state index is 12.5. The van der Waals surface area contributed by atoms with E-state index in [4.69, 9.17) is 11.6 Å². The minimum absolute atomic E-state index is 0.144. The minimum atomic E-state index is -0.279. The normalized spacial score (nSPS) is 20.4. The van der Waals surface area contributed by atoms with Crippen molar-refractivity contribution in [1.82, 2.24) is 15.1 Å². The number of hydrogen-bond acceptors (Lipinski definition) is 3. The van der Waals surface area contributed by atoms with Crippen LogP contribution in [0.2, 0.25) is 5.02 Å². The summed E-state index contributed by atoms with van der Waals surface area (Å²) in [4.78, 5) is 28.4. The number of carbonyl (C=O) groups is 2. The zero-order valence-electron chi connectivity index (χ0n) is 13.6. The Morgan fingerprint density at radius 1 is 1.25 bits per heavy atom. The molecule has 0 radical (unpaired) electrons. The fraction of sp³-hybridized carbons (Fsp3) is 0.412. The van der Waals surface area contributed by atoms with Gasteiger partial charge >= 0.3 is 6.03 Å². The molecule has 24 heavy (non-hydrogen) atoms. The van der Waals surface area contributed by atoms with Crippen LogP contribution in [0.4, 0.5) is 10.5 Å². The van der Waals surface area contributed by atoms with Crippen LogP contribution in [-0.2, 0) is 0 Å². The number of halogens is 1. The van der Waals surface area contributed by atoms with Gasteiger partial charge in [0, 0.05) is 45.0 Å².